The van der Waals surface area contributed by atoms with Crippen LogP contribution in [0.1, 0.15) is 5.69 Å². The average molecular weight is 273 g/mol. The van der Waals surface area contributed by atoms with Crippen LogP contribution in [0.2, 0.25) is 5.15 Å². The number of H-pyrrole nitrogens is 1. The molecule has 6 nitrogen and oxygen atoms in total. The molecule has 0 fully saturated rings. The van der Waals surface area contributed by atoms with Crippen molar-refractivity contribution >= 4 is 21.6 Å². The number of sulfonamides is 1. The normalized spacial score (nSPS) is 11.6. The molecule has 0 atom stereocenters. The molecule has 2 aromatic heterocycles. The first-order chi connectivity index (χ1) is 8.09. The smallest absolute Gasteiger partial charge is 0.243 e. The predicted octanol–water partition coefficient (Wildman–Crippen LogP) is 0.937. The van der Waals surface area contributed by atoms with Crippen molar-refractivity contribution in [2.45, 2.75) is 11.4 Å². The highest BCUT2D eigenvalue weighted by atomic mass is 35.5. The third-order valence-electron chi connectivity index (χ3n) is 2.02. The maximum Gasteiger partial charge on any atom is 0.243 e. The van der Waals surface area contributed by atoms with E-state index in [9.17, 15) is 8.42 Å². The van der Waals surface area contributed by atoms with Crippen LogP contribution in [0.15, 0.2) is 35.7 Å². The fraction of sp³-hybridized carbons (Fsp3) is 0.111. The van der Waals surface area contributed by atoms with Crippen LogP contribution in [0.25, 0.3) is 0 Å². The Balaban J connectivity index is 2.17. The van der Waals surface area contributed by atoms with Gasteiger partial charge in [0.15, 0.2) is 0 Å². The quantitative estimate of drug-likeness (QED) is 0.811. The summed E-state index contributed by atoms with van der Waals surface area (Å²) in [5.74, 6) is 0. The van der Waals surface area contributed by atoms with E-state index in [0.29, 0.717) is 5.69 Å². The Morgan fingerprint density at radius 3 is 2.94 bits per heavy atom. The van der Waals surface area contributed by atoms with Crippen molar-refractivity contribution in [1.82, 2.24) is 19.7 Å². The molecule has 0 amide bonds. The second kappa shape index (κ2) is 4.82. The molecule has 8 heteroatoms. The third-order valence-corrected chi connectivity index (χ3v) is 3.87. The van der Waals surface area contributed by atoms with Crippen molar-refractivity contribution in [3.63, 3.8) is 0 Å². The van der Waals surface area contributed by atoms with Crippen LogP contribution in [0, 0.1) is 0 Å². The highest BCUT2D eigenvalue weighted by Gasteiger charge is 2.17. The standard InChI is InChI=1S/C9H9ClN4O2S/c10-9-8(2-1-3-12-9)17(15,16)14-5-7-4-11-6-13-7/h1-4,6,14H,5H2,(H,11,13). The van der Waals surface area contributed by atoms with Crippen LogP contribution < -0.4 is 4.72 Å². The van der Waals surface area contributed by atoms with Gasteiger partial charge in [-0.2, -0.15) is 0 Å². The van der Waals surface area contributed by atoms with Crippen molar-refractivity contribution < 1.29 is 8.42 Å². The molecule has 0 aliphatic heterocycles. The Bertz CT molecular complexity index is 597. The molecule has 0 saturated carbocycles. The summed E-state index contributed by atoms with van der Waals surface area (Å²) in [7, 11) is -3.66. The summed E-state index contributed by atoms with van der Waals surface area (Å²) in [5.41, 5.74) is 0.661. The molecule has 0 radical (unpaired) electrons. The van der Waals surface area contributed by atoms with Crippen molar-refractivity contribution in [3.05, 3.63) is 41.7 Å². The number of nitrogens with one attached hydrogen (secondary N) is 2. The maximum atomic E-state index is 11.9. The topological polar surface area (TPSA) is 87.7 Å². The summed E-state index contributed by atoms with van der Waals surface area (Å²) >= 11 is 5.72. The first-order valence-corrected chi connectivity index (χ1v) is 6.53. The van der Waals surface area contributed by atoms with Crippen LogP contribution in [-0.4, -0.2) is 23.4 Å². The van der Waals surface area contributed by atoms with Crippen molar-refractivity contribution in [2.24, 2.45) is 0 Å². The monoisotopic (exact) mass is 272 g/mol. The zero-order valence-electron chi connectivity index (χ0n) is 8.59. The molecule has 2 rings (SSSR count). The minimum absolute atomic E-state index is 0.0406. The Morgan fingerprint density at radius 2 is 2.29 bits per heavy atom. The number of hydrogen-bond acceptors (Lipinski definition) is 4. The molecule has 0 aliphatic carbocycles. The molecule has 2 heterocycles. The average Bonchev–Trinajstić information content (AvgIpc) is 2.80. The lowest BCUT2D eigenvalue weighted by atomic mass is 10.5. The van der Waals surface area contributed by atoms with E-state index in [1.165, 1.54) is 30.9 Å². The Labute approximate surface area is 103 Å². The van der Waals surface area contributed by atoms with Gasteiger partial charge >= 0.3 is 0 Å². The molecule has 0 aliphatic rings. The summed E-state index contributed by atoms with van der Waals surface area (Å²) in [4.78, 5) is 10.2. The third kappa shape index (κ3) is 2.82. The summed E-state index contributed by atoms with van der Waals surface area (Å²) < 4.78 is 26.2. The van der Waals surface area contributed by atoms with E-state index >= 15 is 0 Å². The van der Waals surface area contributed by atoms with Crippen molar-refractivity contribution in [3.8, 4) is 0 Å². The molecular formula is C9H9ClN4O2S. The molecule has 0 unspecified atom stereocenters. The molecule has 90 valence electrons. The van der Waals surface area contributed by atoms with E-state index < -0.39 is 10.0 Å². The summed E-state index contributed by atoms with van der Waals surface area (Å²) in [6.45, 7) is 0.119. The van der Waals surface area contributed by atoms with Gasteiger partial charge in [-0.25, -0.2) is 23.1 Å². The molecule has 0 bridgehead atoms. The number of hydrogen-bond donors (Lipinski definition) is 2. The number of nitrogens with zero attached hydrogens (tertiary/aromatic N) is 2. The lowest BCUT2D eigenvalue weighted by Gasteiger charge is -2.06. The second-order valence-corrected chi connectivity index (χ2v) is 5.29. The van der Waals surface area contributed by atoms with Gasteiger partial charge in [-0.3, -0.25) is 0 Å². The van der Waals surface area contributed by atoms with E-state index in [1.807, 2.05) is 0 Å². The minimum atomic E-state index is -3.66. The number of pyridine rings is 1. The van der Waals surface area contributed by atoms with Crippen LogP contribution in [0.4, 0.5) is 0 Å². The van der Waals surface area contributed by atoms with Gasteiger partial charge in [-0.15, -0.1) is 0 Å². The van der Waals surface area contributed by atoms with Gasteiger partial charge in [0.05, 0.1) is 12.9 Å². The number of halogens is 1. The van der Waals surface area contributed by atoms with E-state index in [-0.39, 0.29) is 16.6 Å². The zero-order chi connectivity index (χ0) is 12.3. The van der Waals surface area contributed by atoms with Gasteiger partial charge < -0.3 is 4.98 Å². The lowest BCUT2D eigenvalue weighted by Crippen LogP contribution is -2.23. The van der Waals surface area contributed by atoms with Gasteiger partial charge in [-0.05, 0) is 12.1 Å². The van der Waals surface area contributed by atoms with E-state index in [1.54, 1.807) is 0 Å². The Kier molecular flexibility index (Phi) is 3.41. The highest BCUT2D eigenvalue weighted by Crippen LogP contribution is 2.17. The molecule has 0 aromatic carbocycles. The highest BCUT2D eigenvalue weighted by molar-refractivity contribution is 7.89. The minimum Gasteiger partial charge on any atom is -0.347 e. The summed E-state index contributed by atoms with van der Waals surface area (Å²) in [6.07, 6.45) is 4.43. The number of imidazole rings is 1. The second-order valence-electron chi connectivity index (χ2n) is 3.19. The Hall–Kier alpha value is -1.44. The van der Waals surface area contributed by atoms with Gasteiger partial charge in [0.2, 0.25) is 10.0 Å². The first-order valence-electron chi connectivity index (χ1n) is 4.67. The van der Waals surface area contributed by atoms with Crippen LogP contribution in [0.5, 0.6) is 0 Å². The fourth-order valence-corrected chi connectivity index (χ4v) is 2.66. The van der Waals surface area contributed by atoms with Crippen LogP contribution >= 0.6 is 11.6 Å². The van der Waals surface area contributed by atoms with E-state index in [2.05, 4.69) is 19.7 Å². The van der Waals surface area contributed by atoms with Crippen molar-refractivity contribution in [1.29, 1.82) is 0 Å². The lowest BCUT2D eigenvalue weighted by molar-refractivity contribution is 0.580. The van der Waals surface area contributed by atoms with Gasteiger partial charge in [-0.1, -0.05) is 11.6 Å². The summed E-state index contributed by atoms with van der Waals surface area (Å²) in [6, 6.07) is 2.90. The van der Waals surface area contributed by atoms with Gasteiger partial charge in [0, 0.05) is 18.1 Å². The molecule has 17 heavy (non-hydrogen) atoms. The predicted molar refractivity (Wildman–Crippen MR) is 61.9 cm³/mol. The molecular weight excluding hydrogens is 264 g/mol. The van der Waals surface area contributed by atoms with E-state index in [4.69, 9.17) is 11.6 Å². The van der Waals surface area contributed by atoms with Crippen molar-refractivity contribution in [2.75, 3.05) is 0 Å². The molecule has 2 N–H and O–H groups in total. The van der Waals surface area contributed by atoms with Crippen LogP contribution in [-0.2, 0) is 16.6 Å². The van der Waals surface area contributed by atoms with Gasteiger partial charge in [0.1, 0.15) is 10.0 Å². The zero-order valence-corrected chi connectivity index (χ0v) is 10.2. The number of aromatic nitrogens is 3. The molecule has 0 spiro atoms. The maximum absolute atomic E-state index is 11.9. The molecule has 2 aromatic rings. The summed E-state index contributed by atoms with van der Waals surface area (Å²) in [5, 5.41) is -0.0513. The number of rotatable bonds is 4. The van der Waals surface area contributed by atoms with Crippen LogP contribution in [0.3, 0.4) is 0 Å². The largest absolute Gasteiger partial charge is 0.347 e. The first kappa shape index (κ1) is 12.0. The van der Waals surface area contributed by atoms with E-state index in [0.717, 1.165) is 0 Å². The van der Waals surface area contributed by atoms with Gasteiger partial charge in [0.25, 0.3) is 0 Å². The number of aromatic amines is 1. The fourth-order valence-electron chi connectivity index (χ4n) is 1.20. The molecule has 0 saturated heterocycles. The Morgan fingerprint density at radius 1 is 1.47 bits per heavy atom. The SMILES string of the molecule is O=S(=O)(NCc1cnc[nH]1)c1cccnc1Cl.